The number of thiophene rings is 1. The standard InChI is InChI=1S/C51H30N4OS/c1-3-13-31(14-4-1)49-52-50(54-51(53-49)33-25-27-37-36-18-8-10-24-45(36)57-46(37)30-33)32-26-28-41-44(29-32)56-43-23-12-19-38(47(41)43)40-21-11-20-39-35-17-7-9-22-42(35)55(48(39)40)34-15-5-2-6-16-34/h1-30H. The number of para-hydroxylation sites is 3. The van der Waals surface area contributed by atoms with Crippen LogP contribution < -0.4 is 0 Å². The summed E-state index contributed by atoms with van der Waals surface area (Å²) >= 11 is 1.79. The van der Waals surface area contributed by atoms with E-state index in [-0.39, 0.29) is 0 Å². The van der Waals surface area contributed by atoms with Gasteiger partial charge >= 0.3 is 0 Å². The Kier molecular flexibility index (Phi) is 7.03. The zero-order valence-electron chi connectivity index (χ0n) is 30.4. The number of rotatable bonds is 5. The molecule has 0 aliphatic carbocycles. The molecule has 4 heterocycles. The third kappa shape index (κ3) is 5.04. The topological polar surface area (TPSA) is 56.7 Å². The van der Waals surface area contributed by atoms with Crippen molar-refractivity contribution >= 4 is 75.3 Å². The smallest absolute Gasteiger partial charge is 0.164 e. The van der Waals surface area contributed by atoms with Gasteiger partial charge in [0.05, 0.1) is 11.0 Å². The maximum Gasteiger partial charge on any atom is 0.164 e. The molecule has 5 nitrogen and oxygen atoms in total. The summed E-state index contributed by atoms with van der Waals surface area (Å²) < 4.78 is 11.6. The molecule has 0 saturated carbocycles. The average molecular weight is 747 g/mol. The predicted molar refractivity (Wildman–Crippen MR) is 236 cm³/mol. The Morgan fingerprint density at radius 3 is 1.84 bits per heavy atom. The summed E-state index contributed by atoms with van der Waals surface area (Å²) in [5, 5.41) is 7.06. The number of hydrogen-bond donors (Lipinski definition) is 0. The van der Waals surface area contributed by atoms with E-state index in [0.717, 1.165) is 55.4 Å². The van der Waals surface area contributed by atoms with Crippen LogP contribution in [0.15, 0.2) is 186 Å². The van der Waals surface area contributed by atoms with Crippen molar-refractivity contribution in [3.8, 4) is 51.0 Å². The molecule has 0 spiro atoms. The van der Waals surface area contributed by atoms with Gasteiger partial charge in [0.25, 0.3) is 0 Å². The van der Waals surface area contributed by atoms with Crippen molar-refractivity contribution in [3.05, 3.63) is 182 Å². The van der Waals surface area contributed by atoms with Crippen molar-refractivity contribution in [2.24, 2.45) is 0 Å². The summed E-state index contributed by atoms with van der Waals surface area (Å²) in [4.78, 5) is 15.2. The number of nitrogens with zero attached hydrogens (tertiary/aromatic N) is 4. The highest BCUT2D eigenvalue weighted by molar-refractivity contribution is 7.25. The van der Waals surface area contributed by atoms with Crippen molar-refractivity contribution < 1.29 is 4.42 Å². The van der Waals surface area contributed by atoms with Crippen LogP contribution in [0.1, 0.15) is 0 Å². The summed E-state index contributed by atoms with van der Waals surface area (Å²) in [5.74, 6) is 1.85. The Balaban J connectivity index is 1.04. The van der Waals surface area contributed by atoms with E-state index in [1.54, 1.807) is 11.3 Å². The third-order valence-corrected chi connectivity index (χ3v) is 12.2. The molecule has 0 atom stereocenters. The lowest BCUT2D eigenvalue weighted by atomic mass is 9.97. The SMILES string of the molecule is c1ccc(-c2nc(-c3ccc4c(c3)oc3cccc(-c5cccc6c7ccccc7n(-c7ccccc7)c56)c34)nc(-c3ccc4c(c3)sc3ccccc34)n2)cc1. The molecule has 6 heteroatoms. The maximum atomic E-state index is 6.69. The molecule has 0 aliphatic heterocycles. The van der Waals surface area contributed by atoms with Crippen LogP contribution in [0.5, 0.6) is 0 Å². The highest BCUT2D eigenvalue weighted by atomic mass is 32.1. The third-order valence-electron chi connectivity index (χ3n) is 11.1. The zero-order chi connectivity index (χ0) is 37.5. The first-order chi connectivity index (χ1) is 28.2. The predicted octanol–water partition coefficient (Wildman–Crippen LogP) is 13.9. The molecule has 0 fully saturated rings. The van der Waals surface area contributed by atoms with Crippen LogP contribution in [0.25, 0.3) is 115 Å². The number of fused-ring (bicyclic) bond motifs is 9. The first-order valence-electron chi connectivity index (χ1n) is 19.0. The molecule has 4 aromatic heterocycles. The van der Waals surface area contributed by atoms with Crippen molar-refractivity contribution in [3.63, 3.8) is 0 Å². The Bertz CT molecular complexity index is 3530. The van der Waals surface area contributed by atoms with E-state index in [1.165, 1.54) is 42.0 Å². The van der Waals surface area contributed by atoms with Gasteiger partial charge < -0.3 is 8.98 Å². The Hall–Kier alpha value is -7.41. The van der Waals surface area contributed by atoms with E-state index < -0.39 is 0 Å². The molecule has 8 aromatic carbocycles. The van der Waals surface area contributed by atoms with E-state index in [2.05, 4.69) is 156 Å². The number of benzene rings is 8. The van der Waals surface area contributed by atoms with Crippen LogP contribution in [-0.4, -0.2) is 19.5 Å². The number of furan rings is 1. The lowest BCUT2D eigenvalue weighted by Crippen LogP contribution is -2.00. The Morgan fingerprint density at radius 1 is 0.404 bits per heavy atom. The highest BCUT2D eigenvalue weighted by Crippen LogP contribution is 2.43. The van der Waals surface area contributed by atoms with Gasteiger partial charge in [-0.25, -0.2) is 15.0 Å². The molecule has 0 saturated heterocycles. The second-order valence-electron chi connectivity index (χ2n) is 14.4. The quantitative estimate of drug-likeness (QED) is 0.176. The Morgan fingerprint density at radius 2 is 1.02 bits per heavy atom. The van der Waals surface area contributed by atoms with Crippen LogP contribution in [0.2, 0.25) is 0 Å². The van der Waals surface area contributed by atoms with E-state index in [0.29, 0.717) is 17.5 Å². The molecular weight excluding hydrogens is 717 g/mol. The second-order valence-corrected chi connectivity index (χ2v) is 15.4. The maximum absolute atomic E-state index is 6.69. The van der Waals surface area contributed by atoms with Gasteiger partial charge in [-0.2, -0.15) is 0 Å². The first-order valence-corrected chi connectivity index (χ1v) is 19.8. The molecule has 0 amide bonds. The molecule has 266 valence electrons. The fraction of sp³-hybridized carbons (Fsp3) is 0. The van der Waals surface area contributed by atoms with E-state index >= 15 is 0 Å². The zero-order valence-corrected chi connectivity index (χ0v) is 31.2. The van der Waals surface area contributed by atoms with Crippen LogP contribution in [-0.2, 0) is 0 Å². The fourth-order valence-corrected chi connectivity index (χ4v) is 9.63. The van der Waals surface area contributed by atoms with Crippen molar-refractivity contribution in [1.82, 2.24) is 19.5 Å². The van der Waals surface area contributed by atoms with Gasteiger partial charge in [0.2, 0.25) is 0 Å². The minimum Gasteiger partial charge on any atom is -0.456 e. The highest BCUT2D eigenvalue weighted by Gasteiger charge is 2.21. The summed E-state index contributed by atoms with van der Waals surface area (Å²) in [7, 11) is 0. The van der Waals surface area contributed by atoms with Crippen LogP contribution >= 0.6 is 11.3 Å². The monoisotopic (exact) mass is 746 g/mol. The van der Waals surface area contributed by atoms with Gasteiger partial charge in [-0.1, -0.05) is 133 Å². The van der Waals surface area contributed by atoms with Crippen LogP contribution in [0.3, 0.4) is 0 Å². The lowest BCUT2D eigenvalue weighted by Gasteiger charge is -2.12. The van der Waals surface area contributed by atoms with Crippen LogP contribution in [0.4, 0.5) is 0 Å². The van der Waals surface area contributed by atoms with Gasteiger partial charge in [-0.3, -0.25) is 0 Å². The Labute approximate surface area is 330 Å². The summed E-state index contributed by atoms with van der Waals surface area (Å²) in [6.45, 7) is 0. The van der Waals surface area contributed by atoms with Gasteiger partial charge in [0.15, 0.2) is 17.5 Å². The molecule has 57 heavy (non-hydrogen) atoms. The second kappa shape index (κ2) is 12.6. The normalized spacial score (nSPS) is 11.9. The fourth-order valence-electron chi connectivity index (χ4n) is 8.49. The van der Waals surface area contributed by atoms with Crippen LogP contribution in [0, 0.1) is 0 Å². The largest absolute Gasteiger partial charge is 0.456 e. The van der Waals surface area contributed by atoms with Crippen molar-refractivity contribution in [2.75, 3.05) is 0 Å². The van der Waals surface area contributed by atoms with Crippen molar-refractivity contribution in [1.29, 1.82) is 0 Å². The van der Waals surface area contributed by atoms with E-state index in [9.17, 15) is 0 Å². The molecule has 0 bridgehead atoms. The van der Waals surface area contributed by atoms with Gasteiger partial charge in [-0.15, -0.1) is 11.3 Å². The van der Waals surface area contributed by atoms with Gasteiger partial charge in [-0.05, 0) is 54.1 Å². The summed E-state index contributed by atoms with van der Waals surface area (Å²) in [6, 6.07) is 63.8. The lowest BCUT2D eigenvalue weighted by molar-refractivity contribution is 0.669. The molecule has 0 unspecified atom stereocenters. The first kappa shape index (κ1) is 31.9. The van der Waals surface area contributed by atoms with Crippen molar-refractivity contribution in [2.45, 2.75) is 0 Å². The minimum absolute atomic E-state index is 0.593. The average Bonchev–Trinajstić information content (AvgIpc) is 3.96. The summed E-state index contributed by atoms with van der Waals surface area (Å²) in [6.07, 6.45) is 0. The van der Waals surface area contributed by atoms with E-state index in [1.807, 2.05) is 30.3 Å². The summed E-state index contributed by atoms with van der Waals surface area (Å²) in [5.41, 5.74) is 10.1. The molecular formula is C51H30N4OS. The molecule has 12 rings (SSSR count). The number of hydrogen-bond acceptors (Lipinski definition) is 5. The molecule has 0 radical (unpaired) electrons. The number of aromatic nitrogens is 4. The van der Waals surface area contributed by atoms with E-state index in [4.69, 9.17) is 19.4 Å². The van der Waals surface area contributed by atoms with Gasteiger partial charge in [0.1, 0.15) is 11.2 Å². The molecule has 0 N–H and O–H groups in total. The molecule has 12 aromatic rings. The van der Waals surface area contributed by atoms with Gasteiger partial charge in [0, 0.05) is 69.7 Å². The molecule has 0 aliphatic rings. The minimum atomic E-state index is 0.593.